The van der Waals surface area contributed by atoms with Crippen molar-refractivity contribution in [3.63, 3.8) is 0 Å². The van der Waals surface area contributed by atoms with Crippen LogP contribution in [-0.4, -0.2) is 35.9 Å². The van der Waals surface area contributed by atoms with E-state index in [0.29, 0.717) is 18.7 Å². The first-order valence-corrected chi connectivity index (χ1v) is 5.04. The number of rotatable bonds is 4. The number of aromatic nitrogens is 1. The van der Waals surface area contributed by atoms with Crippen LogP contribution in [0.2, 0.25) is 0 Å². The lowest BCUT2D eigenvalue weighted by Crippen LogP contribution is -2.29. The van der Waals surface area contributed by atoms with Gasteiger partial charge in [0, 0.05) is 25.5 Å². The molecule has 0 bridgehead atoms. The molecule has 1 aromatic rings. The molecule has 2 N–H and O–H groups in total. The summed E-state index contributed by atoms with van der Waals surface area (Å²) in [6, 6.07) is 3.57. The Labute approximate surface area is 90.1 Å². The normalized spacial score (nSPS) is 10.1. The zero-order valence-corrected chi connectivity index (χ0v) is 9.23. The lowest BCUT2D eigenvalue weighted by Gasteiger charge is -2.17. The third-order valence-corrected chi connectivity index (χ3v) is 2.28. The number of nitrogens with zero attached hydrogens (tertiary/aromatic N) is 2. The third-order valence-electron chi connectivity index (χ3n) is 2.28. The smallest absolute Gasteiger partial charge is 0.255 e. The number of pyridine rings is 1. The van der Waals surface area contributed by atoms with Gasteiger partial charge in [-0.2, -0.15) is 0 Å². The van der Waals surface area contributed by atoms with E-state index in [1.54, 1.807) is 30.3 Å². The maximum absolute atomic E-state index is 11.9. The van der Waals surface area contributed by atoms with Gasteiger partial charge in [0.25, 0.3) is 5.91 Å². The highest BCUT2D eigenvalue weighted by Gasteiger charge is 2.13. The standard InChI is InChI=1S/C11H17N3O/c1-9-10(5-3-7-13-9)11(15)14(2)8-4-6-12/h3,5,7H,4,6,8,12H2,1-2H3. The van der Waals surface area contributed by atoms with Gasteiger partial charge in [-0.05, 0) is 32.0 Å². The van der Waals surface area contributed by atoms with Crippen molar-refractivity contribution >= 4 is 5.91 Å². The zero-order valence-electron chi connectivity index (χ0n) is 9.23. The van der Waals surface area contributed by atoms with Crippen molar-refractivity contribution in [1.29, 1.82) is 0 Å². The van der Waals surface area contributed by atoms with Crippen LogP contribution in [0.15, 0.2) is 18.3 Å². The van der Waals surface area contributed by atoms with E-state index >= 15 is 0 Å². The minimum Gasteiger partial charge on any atom is -0.342 e. The van der Waals surface area contributed by atoms with Crippen LogP contribution in [0, 0.1) is 6.92 Å². The van der Waals surface area contributed by atoms with E-state index in [4.69, 9.17) is 5.73 Å². The predicted molar refractivity (Wildman–Crippen MR) is 59.6 cm³/mol. The molecule has 1 amide bonds. The molecule has 82 valence electrons. The molecular formula is C11H17N3O. The number of nitrogens with two attached hydrogens (primary N) is 1. The Hall–Kier alpha value is -1.42. The van der Waals surface area contributed by atoms with Gasteiger partial charge in [0.2, 0.25) is 0 Å². The SMILES string of the molecule is Cc1ncccc1C(=O)N(C)CCCN. The quantitative estimate of drug-likeness (QED) is 0.794. The molecule has 1 heterocycles. The summed E-state index contributed by atoms with van der Waals surface area (Å²) in [6.45, 7) is 3.12. The van der Waals surface area contributed by atoms with E-state index in [9.17, 15) is 4.79 Å². The van der Waals surface area contributed by atoms with Crippen LogP contribution in [0.25, 0.3) is 0 Å². The largest absolute Gasteiger partial charge is 0.342 e. The van der Waals surface area contributed by atoms with Gasteiger partial charge in [-0.25, -0.2) is 0 Å². The summed E-state index contributed by atoms with van der Waals surface area (Å²) in [5.41, 5.74) is 6.82. The highest BCUT2D eigenvalue weighted by Crippen LogP contribution is 2.07. The molecular weight excluding hydrogens is 190 g/mol. The number of hydrogen-bond donors (Lipinski definition) is 1. The monoisotopic (exact) mass is 207 g/mol. The van der Waals surface area contributed by atoms with Gasteiger partial charge in [0.05, 0.1) is 5.56 Å². The van der Waals surface area contributed by atoms with Gasteiger partial charge in [-0.15, -0.1) is 0 Å². The summed E-state index contributed by atoms with van der Waals surface area (Å²) in [6.07, 6.45) is 2.51. The Morgan fingerprint density at radius 2 is 2.33 bits per heavy atom. The van der Waals surface area contributed by atoms with Crippen molar-refractivity contribution in [2.75, 3.05) is 20.1 Å². The highest BCUT2D eigenvalue weighted by molar-refractivity contribution is 5.94. The van der Waals surface area contributed by atoms with Gasteiger partial charge >= 0.3 is 0 Å². The van der Waals surface area contributed by atoms with Crippen molar-refractivity contribution in [2.24, 2.45) is 5.73 Å². The molecule has 0 aromatic carbocycles. The zero-order chi connectivity index (χ0) is 11.3. The second kappa shape index (κ2) is 5.46. The van der Waals surface area contributed by atoms with Crippen LogP contribution in [-0.2, 0) is 0 Å². The van der Waals surface area contributed by atoms with E-state index in [1.165, 1.54) is 0 Å². The van der Waals surface area contributed by atoms with Crippen molar-refractivity contribution < 1.29 is 4.79 Å². The molecule has 1 aromatic heterocycles. The summed E-state index contributed by atoms with van der Waals surface area (Å²) in [4.78, 5) is 17.7. The van der Waals surface area contributed by atoms with Crippen LogP contribution in [0.3, 0.4) is 0 Å². The average Bonchev–Trinajstić information content (AvgIpc) is 2.25. The average molecular weight is 207 g/mol. The minimum absolute atomic E-state index is 0.00838. The third kappa shape index (κ3) is 3.02. The Morgan fingerprint density at radius 1 is 1.60 bits per heavy atom. The van der Waals surface area contributed by atoms with Crippen molar-refractivity contribution in [1.82, 2.24) is 9.88 Å². The van der Waals surface area contributed by atoms with Crippen molar-refractivity contribution in [3.05, 3.63) is 29.6 Å². The van der Waals surface area contributed by atoms with Gasteiger partial charge in [0.15, 0.2) is 0 Å². The van der Waals surface area contributed by atoms with E-state index in [2.05, 4.69) is 4.98 Å². The first kappa shape index (κ1) is 11.7. The summed E-state index contributed by atoms with van der Waals surface area (Å²) in [7, 11) is 1.78. The molecule has 0 atom stereocenters. The Kier molecular flexibility index (Phi) is 4.24. The fourth-order valence-electron chi connectivity index (χ4n) is 1.35. The molecule has 0 unspecified atom stereocenters. The molecule has 0 aliphatic carbocycles. The molecule has 0 aliphatic rings. The molecule has 0 aliphatic heterocycles. The second-order valence-corrected chi connectivity index (χ2v) is 3.51. The summed E-state index contributed by atoms with van der Waals surface area (Å²) >= 11 is 0. The molecule has 0 saturated carbocycles. The molecule has 4 nitrogen and oxygen atoms in total. The highest BCUT2D eigenvalue weighted by atomic mass is 16.2. The Balaban J connectivity index is 2.72. The lowest BCUT2D eigenvalue weighted by atomic mass is 10.2. The van der Waals surface area contributed by atoms with E-state index in [0.717, 1.165) is 12.1 Å². The molecule has 1 rings (SSSR count). The predicted octanol–water partition coefficient (Wildman–Crippen LogP) is 0.811. The fourth-order valence-corrected chi connectivity index (χ4v) is 1.35. The van der Waals surface area contributed by atoms with Crippen molar-refractivity contribution in [3.8, 4) is 0 Å². The van der Waals surface area contributed by atoms with E-state index < -0.39 is 0 Å². The topological polar surface area (TPSA) is 59.2 Å². The van der Waals surface area contributed by atoms with Gasteiger partial charge < -0.3 is 10.6 Å². The summed E-state index contributed by atoms with van der Waals surface area (Å²) < 4.78 is 0. The molecule has 0 fully saturated rings. The Morgan fingerprint density at radius 3 is 2.93 bits per heavy atom. The van der Waals surface area contributed by atoms with E-state index in [1.807, 2.05) is 6.92 Å². The number of aryl methyl sites for hydroxylation is 1. The van der Waals surface area contributed by atoms with Gasteiger partial charge in [-0.3, -0.25) is 9.78 Å². The van der Waals surface area contributed by atoms with Crippen LogP contribution >= 0.6 is 0 Å². The minimum atomic E-state index is 0.00838. The van der Waals surface area contributed by atoms with Gasteiger partial charge in [-0.1, -0.05) is 0 Å². The van der Waals surface area contributed by atoms with Crippen LogP contribution < -0.4 is 5.73 Å². The fraction of sp³-hybridized carbons (Fsp3) is 0.455. The summed E-state index contributed by atoms with van der Waals surface area (Å²) in [5.74, 6) is 0.00838. The first-order chi connectivity index (χ1) is 7.16. The Bertz CT molecular complexity index is 338. The van der Waals surface area contributed by atoms with E-state index in [-0.39, 0.29) is 5.91 Å². The van der Waals surface area contributed by atoms with Gasteiger partial charge in [0.1, 0.15) is 0 Å². The maximum atomic E-state index is 11.9. The maximum Gasteiger partial charge on any atom is 0.255 e. The molecule has 15 heavy (non-hydrogen) atoms. The molecule has 0 spiro atoms. The van der Waals surface area contributed by atoms with Crippen molar-refractivity contribution in [2.45, 2.75) is 13.3 Å². The molecule has 0 saturated heterocycles. The van der Waals surface area contributed by atoms with Crippen LogP contribution in [0.5, 0.6) is 0 Å². The summed E-state index contributed by atoms with van der Waals surface area (Å²) in [5, 5.41) is 0. The number of amides is 1. The second-order valence-electron chi connectivity index (χ2n) is 3.51. The van der Waals surface area contributed by atoms with Crippen LogP contribution in [0.1, 0.15) is 22.5 Å². The first-order valence-electron chi connectivity index (χ1n) is 5.04. The number of carbonyl (C=O) groups excluding carboxylic acids is 1. The number of hydrogen-bond acceptors (Lipinski definition) is 3. The van der Waals surface area contributed by atoms with Crippen LogP contribution in [0.4, 0.5) is 0 Å². The lowest BCUT2D eigenvalue weighted by molar-refractivity contribution is 0.0793. The molecule has 4 heteroatoms. The number of carbonyl (C=O) groups is 1. The molecule has 0 radical (unpaired) electrons.